The predicted molar refractivity (Wildman–Crippen MR) is 261 cm³/mol. The van der Waals surface area contributed by atoms with Crippen LogP contribution in [0.15, 0.2) is 35.7 Å². The number of nitrogens with two attached hydrogens (primary N) is 2. The van der Waals surface area contributed by atoms with Gasteiger partial charge in [0.2, 0.25) is 47.3 Å². The van der Waals surface area contributed by atoms with Crippen LogP contribution in [0.1, 0.15) is 92.6 Å². The van der Waals surface area contributed by atoms with Crippen LogP contribution in [-0.2, 0) is 49.6 Å². The number of carbonyl (C=O) groups excluding carboxylic acids is 10. The second kappa shape index (κ2) is 30.1. The molecule has 2 aromatic rings. The average molecular weight is 1020 g/mol. The number of amides is 11. The van der Waals surface area contributed by atoms with Crippen LogP contribution in [0.4, 0.5) is 4.79 Å². The summed E-state index contributed by atoms with van der Waals surface area (Å²) in [4.78, 5) is 146. The fourth-order valence-corrected chi connectivity index (χ4v) is 7.09. The Kier molecular flexibility index (Phi) is 25.6. The Morgan fingerprint density at radius 1 is 0.761 bits per heavy atom. The SMILES string of the molecule is CCCC[C@H](NC(=O)[C@H](CC(C)C)NC(=O)CNC(=O)[C@@H](NC(=O)[C@H](C)NC(=O)[C@H](Cc1c[nH]c2ccccc12)NC(=O)[C@H](CCC(N)=O)NC(=O)[C@@H](N)[C@@H](C)O)C(C)C)C(=O)NC(=O)N(CCCl)N=O. The van der Waals surface area contributed by atoms with E-state index in [4.69, 9.17) is 23.1 Å². The number of aliphatic hydroxyl groups excluding tert-OH is 1. The van der Waals surface area contributed by atoms with E-state index in [0.717, 1.165) is 10.9 Å². The number of H-pyrrole nitrogens is 1. The number of aliphatic hydroxyl groups is 1. The number of nitrogens with one attached hydrogen (secondary N) is 9. The monoisotopic (exact) mass is 1020 g/mol. The molecule has 11 amide bonds. The van der Waals surface area contributed by atoms with E-state index in [9.17, 15) is 58.0 Å². The van der Waals surface area contributed by atoms with Gasteiger partial charge in [0.1, 0.15) is 42.3 Å². The van der Waals surface area contributed by atoms with Gasteiger partial charge in [-0.3, -0.25) is 48.5 Å². The van der Waals surface area contributed by atoms with Crippen LogP contribution in [0.2, 0.25) is 0 Å². The molecule has 0 spiro atoms. The van der Waals surface area contributed by atoms with E-state index < -0.39 is 120 Å². The van der Waals surface area contributed by atoms with Gasteiger partial charge in [-0.1, -0.05) is 65.7 Å². The van der Waals surface area contributed by atoms with Crippen LogP contribution in [0.5, 0.6) is 0 Å². The zero-order valence-electron chi connectivity index (χ0n) is 41.1. The number of hydrogen-bond donors (Lipinski definition) is 12. The average Bonchev–Trinajstić information content (AvgIpc) is 3.72. The van der Waals surface area contributed by atoms with Crippen molar-refractivity contribution in [3.05, 3.63) is 40.9 Å². The summed E-state index contributed by atoms with van der Waals surface area (Å²) >= 11 is 5.59. The summed E-state index contributed by atoms with van der Waals surface area (Å²) in [6, 6.07) is -3.22. The predicted octanol–water partition coefficient (Wildman–Crippen LogP) is -0.920. The number of rotatable bonds is 30. The normalized spacial score (nSPS) is 14.5. The molecule has 8 atom stereocenters. The standard InChI is InChI=1S/C45H70ClN13O12/c1-8-9-13-30(40(65)57-45(70)59(58-71)18-17-46)53-42(67)32(19-23(2)3)52-35(62)22-50-44(69)37(24(4)5)56-38(63)25(6)51-41(66)33(20-27-21-49-29-14-11-10-12-28(27)29)55-39(64)31(15-16-34(47)61)54-43(68)36(48)26(7)60/h10-12,14,21,23-26,30-33,36-37,49,60H,8-9,13,15-20,22,48H2,1-7H3,(H2,47,61)(H,50,69)(H,51,66)(H,52,62)(H,53,67)(H,54,68)(H,55,64)(H,56,63)(H,57,65,70)/t25-,26+,30-,31-,32-,33-,36-,37-/m0/s1. The summed E-state index contributed by atoms with van der Waals surface area (Å²) in [6.07, 6.45) is 0.913. The molecule has 0 unspecified atom stereocenters. The van der Waals surface area contributed by atoms with Crippen LogP contribution in [0, 0.1) is 16.7 Å². The molecule has 0 bridgehead atoms. The number of alkyl halides is 1. The minimum Gasteiger partial charge on any atom is -0.391 e. The summed E-state index contributed by atoms with van der Waals surface area (Å²) in [6.45, 7) is 10.3. The first-order valence-corrected chi connectivity index (χ1v) is 23.8. The Morgan fingerprint density at radius 3 is 1.96 bits per heavy atom. The van der Waals surface area contributed by atoms with Gasteiger partial charge in [0, 0.05) is 35.8 Å². The topological polar surface area (TPSA) is 388 Å². The van der Waals surface area contributed by atoms with Crippen molar-refractivity contribution in [3.8, 4) is 0 Å². The quantitative estimate of drug-likeness (QED) is 0.0256. The molecule has 14 N–H and O–H groups in total. The van der Waals surface area contributed by atoms with Gasteiger partial charge in [-0.05, 0) is 56.6 Å². The zero-order chi connectivity index (χ0) is 53.5. The van der Waals surface area contributed by atoms with Gasteiger partial charge in [0.05, 0.1) is 24.5 Å². The van der Waals surface area contributed by atoms with Crippen molar-refractivity contribution in [3.63, 3.8) is 0 Å². The Bertz CT molecular complexity index is 2190. The Labute approximate surface area is 416 Å². The van der Waals surface area contributed by atoms with Crippen molar-refractivity contribution < 1.29 is 53.1 Å². The second-order valence-corrected chi connectivity index (χ2v) is 18.2. The number of primary amides is 1. The maximum Gasteiger partial charge on any atom is 0.347 e. The summed E-state index contributed by atoms with van der Waals surface area (Å²) in [5.41, 5.74) is 12.4. The Balaban J connectivity index is 2.22. The highest BCUT2D eigenvalue weighted by Crippen LogP contribution is 2.20. The van der Waals surface area contributed by atoms with Crippen molar-refractivity contribution in [1.29, 1.82) is 0 Å². The van der Waals surface area contributed by atoms with Crippen molar-refractivity contribution in [2.45, 2.75) is 142 Å². The number of nitroso groups, excluding NO2 is 1. The first kappa shape index (κ1) is 60.4. The number of urea groups is 1. The lowest BCUT2D eigenvalue weighted by Gasteiger charge is -2.27. The number of carbonyl (C=O) groups is 10. The fraction of sp³-hybridized carbons (Fsp3) is 0.600. The van der Waals surface area contributed by atoms with E-state index in [-0.39, 0.29) is 50.4 Å². The van der Waals surface area contributed by atoms with Crippen LogP contribution in [0.3, 0.4) is 0 Å². The van der Waals surface area contributed by atoms with Crippen molar-refractivity contribution in [1.82, 2.24) is 52.5 Å². The van der Waals surface area contributed by atoms with E-state index in [1.54, 1.807) is 58.2 Å². The van der Waals surface area contributed by atoms with Crippen molar-refractivity contribution in [2.24, 2.45) is 28.6 Å². The lowest BCUT2D eigenvalue weighted by atomic mass is 10.0. The number of unbranched alkanes of at least 4 members (excludes halogenated alkanes) is 1. The van der Waals surface area contributed by atoms with E-state index in [1.807, 2.05) is 12.2 Å². The number of nitrogens with zero attached hydrogens (tertiary/aromatic N) is 2. The van der Waals surface area contributed by atoms with Gasteiger partial charge in [-0.2, -0.15) is 5.01 Å². The van der Waals surface area contributed by atoms with Crippen LogP contribution < -0.4 is 54.0 Å². The Morgan fingerprint density at radius 2 is 1.37 bits per heavy atom. The summed E-state index contributed by atoms with van der Waals surface area (Å²) in [7, 11) is 0. The van der Waals surface area contributed by atoms with Crippen molar-refractivity contribution in [2.75, 3.05) is 19.0 Å². The minimum absolute atomic E-state index is 0.108. The first-order chi connectivity index (χ1) is 33.4. The van der Waals surface area contributed by atoms with Gasteiger partial charge in [-0.15, -0.1) is 16.5 Å². The number of halogens is 1. The number of aromatic nitrogens is 1. The lowest BCUT2D eigenvalue weighted by Crippen LogP contribution is -2.60. The summed E-state index contributed by atoms with van der Waals surface area (Å²) < 4.78 is 0. The molecule has 0 radical (unpaired) electrons. The molecule has 25 nitrogen and oxygen atoms in total. The maximum atomic E-state index is 14.0. The number of para-hydroxylation sites is 1. The van der Waals surface area contributed by atoms with Crippen molar-refractivity contribution >= 4 is 81.7 Å². The molecule has 0 aliphatic rings. The zero-order valence-corrected chi connectivity index (χ0v) is 41.9. The molecule has 71 heavy (non-hydrogen) atoms. The van der Waals surface area contributed by atoms with E-state index in [1.165, 1.54) is 13.8 Å². The Hall–Kier alpha value is -6.73. The fourth-order valence-electron chi connectivity index (χ4n) is 6.93. The van der Waals surface area contributed by atoms with Crippen LogP contribution in [0.25, 0.3) is 10.9 Å². The third-order valence-electron chi connectivity index (χ3n) is 11.0. The van der Waals surface area contributed by atoms with E-state index in [2.05, 4.69) is 47.5 Å². The van der Waals surface area contributed by atoms with Crippen LogP contribution in [-0.4, -0.2) is 142 Å². The molecule has 1 aromatic carbocycles. The van der Waals surface area contributed by atoms with Gasteiger partial charge in [0.15, 0.2) is 0 Å². The van der Waals surface area contributed by atoms with Crippen LogP contribution >= 0.6 is 11.6 Å². The third kappa shape index (κ3) is 20.3. The van der Waals surface area contributed by atoms with Gasteiger partial charge < -0.3 is 58.8 Å². The first-order valence-electron chi connectivity index (χ1n) is 23.3. The summed E-state index contributed by atoms with van der Waals surface area (Å²) in [5.74, 6) is -8.35. The molecule has 26 heteroatoms. The van der Waals surface area contributed by atoms with Gasteiger partial charge in [0.25, 0.3) is 5.91 Å². The molecule has 0 aliphatic heterocycles. The molecule has 0 aliphatic carbocycles. The number of hydrogen-bond acceptors (Lipinski definition) is 14. The number of fused-ring (bicyclic) bond motifs is 1. The molecule has 1 aromatic heterocycles. The highest BCUT2D eigenvalue weighted by Gasteiger charge is 2.34. The smallest absolute Gasteiger partial charge is 0.347 e. The molecule has 0 saturated carbocycles. The lowest BCUT2D eigenvalue weighted by molar-refractivity contribution is -0.135. The molecular weight excluding hydrogens is 950 g/mol. The minimum atomic E-state index is -1.43. The highest BCUT2D eigenvalue weighted by atomic mass is 35.5. The molecule has 1 heterocycles. The van der Waals surface area contributed by atoms with Gasteiger partial charge in [-0.25, -0.2) is 4.79 Å². The molecule has 2 rings (SSSR count). The van der Waals surface area contributed by atoms with E-state index in [0.29, 0.717) is 23.4 Å². The van der Waals surface area contributed by atoms with E-state index >= 15 is 0 Å². The molecule has 0 fully saturated rings. The summed E-state index contributed by atoms with van der Waals surface area (Å²) in [5, 5.41) is 33.2. The van der Waals surface area contributed by atoms with Gasteiger partial charge >= 0.3 is 6.03 Å². The molecule has 0 saturated heterocycles. The third-order valence-corrected chi connectivity index (χ3v) is 11.2. The molecule has 394 valence electrons. The number of aromatic amines is 1. The molecular formula is C45H70ClN13O12. The second-order valence-electron chi connectivity index (χ2n) is 17.8. The number of imide groups is 1. The maximum absolute atomic E-state index is 14.0. The highest BCUT2D eigenvalue weighted by molar-refractivity contribution is 6.18. The largest absolute Gasteiger partial charge is 0.391 e. The number of benzene rings is 1.